The molecule has 3 aromatic carbocycles. The number of thioether (sulfide) groups is 1. The van der Waals surface area contributed by atoms with Crippen molar-refractivity contribution in [1.29, 1.82) is 0 Å². The lowest BCUT2D eigenvalue weighted by molar-refractivity contribution is -0.625. The van der Waals surface area contributed by atoms with Crippen LogP contribution in [-0.4, -0.2) is 40.3 Å². The van der Waals surface area contributed by atoms with Crippen molar-refractivity contribution >= 4 is 23.9 Å². The second kappa shape index (κ2) is 10.7. The molecule has 4 aromatic rings. The molecule has 0 saturated heterocycles. The molecule has 0 aliphatic carbocycles. The Labute approximate surface area is 201 Å². The number of phenols is 1. The van der Waals surface area contributed by atoms with Gasteiger partial charge in [0.05, 0.1) is 29.7 Å². The molecule has 3 N–H and O–H groups in total. The number of phenolic OH excluding ortho intramolecular Hbond substituents is 1. The number of aryl methyl sites for hydroxylation is 1. The number of carbonyl (C=O) groups is 1. The van der Waals surface area contributed by atoms with E-state index in [1.807, 2.05) is 60.0 Å². The first kappa shape index (κ1) is 23.1. The molecular formula is C25H24N5O3S+. The van der Waals surface area contributed by atoms with Gasteiger partial charge in [0.25, 0.3) is 11.7 Å². The van der Waals surface area contributed by atoms with Crippen molar-refractivity contribution < 1.29 is 19.2 Å². The summed E-state index contributed by atoms with van der Waals surface area (Å²) in [6, 6.07) is 22.3. The number of rotatable bonds is 8. The van der Waals surface area contributed by atoms with E-state index in [9.17, 15) is 9.90 Å². The molecule has 0 unspecified atom stereocenters. The van der Waals surface area contributed by atoms with Gasteiger partial charge in [0.15, 0.2) is 0 Å². The zero-order valence-corrected chi connectivity index (χ0v) is 19.5. The van der Waals surface area contributed by atoms with Gasteiger partial charge in [0.2, 0.25) is 0 Å². The van der Waals surface area contributed by atoms with Gasteiger partial charge in [-0.1, -0.05) is 17.7 Å². The number of hydrogen-bond donors (Lipinski definition) is 3. The number of benzene rings is 3. The molecule has 0 bridgehead atoms. The van der Waals surface area contributed by atoms with Crippen molar-refractivity contribution in [2.24, 2.45) is 5.10 Å². The summed E-state index contributed by atoms with van der Waals surface area (Å²) in [5.41, 5.74) is 6.31. The van der Waals surface area contributed by atoms with Crippen LogP contribution in [0.25, 0.3) is 17.1 Å². The lowest BCUT2D eigenvalue weighted by Crippen LogP contribution is -2.34. The first-order valence-corrected chi connectivity index (χ1v) is 11.5. The fourth-order valence-electron chi connectivity index (χ4n) is 3.17. The van der Waals surface area contributed by atoms with Gasteiger partial charge in [-0.2, -0.15) is 9.67 Å². The highest BCUT2D eigenvalue weighted by atomic mass is 32.2. The molecule has 0 spiro atoms. The number of methoxy groups -OCH3 is 1. The Morgan fingerprint density at radius 2 is 1.82 bits per heavy atom. The smallest absolute Gasteiger partial charge is 0.342 e. The molecule has 1 amide bonds. The van der Waals surface area contributed by atoms with Gasteiger partial charge >= 0.3 is 5.16 Å². The normalized spacial score (nSPS) is 11.0. The summed E-state index contributed by atoms with van der Waals surface area (Å²) < 4.78 is 7.26. The monoisotopic (exact) mass is 474 g/mol. The molecule has 4 rings (SSSR count). The summed E-state index contributed by atoms with van der Waals surface area (Å²) in [5.74, 6) is 1.59. The highest BCUT2D eigenvalue weighted by molar-refractivity contribution is 7.99. The van der Waals surface area contributed by atoms with Crippen LogP contribution in [0.15, 0.2) is 83.1 Å². The van der Waals surface area contributed by atoms with E-state index in [0.717, 1.165) is 28.4 Å². The van der Waals surface area contributed by atoms with Gasteiger partial charge in [-0.3, -0.25) is 4.79 Å². The predicted molar refractivity (Wildman–Crippen MR) is 131 cm³/mol. The Hall–Kier alpha value is -4.11. The number of hydrogen-bond acceptors (Lipinski definition) is 6. The van der Waals surface area contributed by atoms with E-state index in [2.05, 4.69) is 20.7 Å². The maximum Gasteiger partial charge on any atom is 0.342 e. The van der Waals surface area contributed by atoms with Crippen LogP contribution < -0.4 is 14.7 Å². The van der Waals surface area contributed by atoms with Crippen LogP contribution in [0, 0.1) is 6.92 Å². The molecule has 0 aliphatic heterocycles. The van der Waals surface area contributed by atoms with E-state index in [0.29, 0.717) is 5.16 Å². The average molecular weight is 475 g/mol. The Balaban J connectivity index is 1.52. The first-order chi connectivity index (χ1) is 16.5. The summed E-state index contributed by atoms with van der Waals surface area (Å²) in [6.45, 7) is 2.04. The van der Waals surface area contributed by atoms with Gasteiger partial charge in [-0.25, -0.2) is 5.43 Å². The number of hydrazone groups is 1. The summed E-state index contributed by atoms with van der Waals surface area (Å²) in [6.07, 6.45) is 1.52. The minimum Gasteiger partial charge on any atom is -0.508 e. The maximum atomic E-state index is 12.4. The Morgan fingerprint density at radius 3 is 2.50 bits per heavy atom. The largest absolute Gasteiger partial charge is 0.508 e. The number of ether oxygens (including phenoxy) is 1. The molecule has 34 heavy (non-hydrogen) atoms. The standard InChI is InChI=1S/C25H23N5O3S/c1-17-3-7-19(8-4-17)24-28-29-25(30(24)20-9-13-22(33-2)14-10-20)34-16-23(32)27-26-15-18-5-11-21(31)12-6-18/h3-15H,16H2,1-2H3,(H2,26,27,31,32)/p+1. The predicted octanol–water partition coefficient (Wildman–Crippen LogP) is 3.62. The molecule has 1 aromatic heterocycles. The molecule has 9 heteroatoms. The molecule has 0 saturated carbocycles. The van der Waals surface area contributed by atoms with E-state index in [1.165, 1.54) is 23.5 Å². The van der Waals surface area contributed by atoms with Crippen LogP contribution in [0.3, 0.4) is 0 Å². The van der Waals surface area contributed by atoms with Crippen LogP contribution in [0.5, 0.6) is 11.5 Å². The van der Waals surface area contributed by atoms with Crippen molar-refractivity contribution in [2.45, 2.75) is 12.1 Å². The second-order valence-electron chi connectivity index (χ2n) is 7.43. The molecule has 0 atom stereocenters. The maximum absolute atomic E-state index is 12.4. The third-order valence-electron chi connectivity index (χ3n) is 4.96. The van der Waals surface area contributed by atoms with Gasteiger partial charge < -0.3 is 9.84 Å². The van der Waals surface area contributed by atoms with E-state index in [1.54, 1.807) is 31.4 Å². The van der Waals surface area contributed by atoms with E-state index >= 15 is 0 Å². The van der Waals surface area contributed by atoms with Crippen LogP contribution in [0.4, 0.5) is 0 Å². The Kier molecular flexibility index (Phi) is 7.24. The van der Waals surface area contributed by atoms with E-state index < -0.39 is 0 Å². The van der Waals surface area contributed by atoms with Gasteiger partial charge in [-0.05, 0) is 84.9 Å². The van der Waals surface area contributed by atoms with Gasteiger partial charge in [0.1, 0.15) is 17.2 Å². The average Bonchev–Trinajstić information content (AvgIpc) is 3.28. The minimum absolute atomic E-state index is 0.126. The Morgan fingerprint density at radius 1 is 1.12 bits per heavy atom. The quantitative estimate of drug-likeness (QED) is 0.157. The van der Waals surface area contributed by atoms with Crippen LogP contribution in [0.2, 0.25) is 0 Å². The fourth-order valence-corrected chi connectivity index (χ4v) is 3.93. The number of amides is 1. The van der Waals surface area contributed by atoms with Crippen molar-refractivity contribution in [1.82, 2.24) is 15.6 Å². The molecule has 172 valence electrons. The third kappa shape index (κ3) is 5.62. The first-order valence-electron chi connectivity index (χ1n) is 10.5. The lowest BCUT2D eigenvalue weighted by Gasteiger charge is -2.06. The van der Waals surface area contributed by atoms with Crippen molar-refractivity contribution in [3.63, 3.8) is 0 Å². The number of aromatic amines is 1. The number of aromatic hydroxyl groups is 1. The van der Waals surface area contributed by atoms with Crippen LogP contribution >= 0.6 is 11.8 Å². The molecular weight excluding hydrogens is 450 g/mol. The number of nitrogens with one attached hydrogen (secondary N) is 2. The molecule has 0 fully saturated rings. The molecule has 0 radical (unpaired) electrons. The summed E-state index contributed by atoms with van der Waals surface area (Å²) >= 11 is 1.30. The van der Waals surface area contributed by atoms with Crippen LogP contribution in [0.1, 0.15) is 11.1 Å². The zero-order chi connectivity index (χ0) is 23.9. The van der Waals surface area contributed by atoms with Crippen molar-refractivity contribution in [2.75, 3.05) is 12.9 Å². The minimum atomic E-state index is -0.263. The summed E-state index contributed by atoms with van der Waals surface area (Å²) in [4.78, 5) is 12.4. The highest BCUT2D eigenvalue weighted by Crippen LogP contribution is 2.22. The number of H-pyrrole nitrogens is 1. The number of aromatic nitrogens is 3. The summed E-state index contributed by atoms with van der Waals surface area (Å²) in [5, 5.41) is 21.5. The molecule has 0 aliphatic rings. The second-order valence-corrected chi connectivity index (χ2v) is 8.37. The molecule has 1 heterocycles. The lowest BCUT2D eigenvalue weighted by atomic mass is 10.1. The van der Waals surface area contributed by atoms with Crippen molar-refractivity contribution in [3.05, 3.63) is 83.9 Å². The number of carbonyl (C=O) groups excluding carboxylic acids is 1. The van der Waals surface area contributed by atoms with Gasteiger partial charge in [0, 0.05) is 0 Å². The van der Waals surface area contributed by atoms with Gasteiger partial charge in [-0.15, -0.1) is 5.10 Å². The zero-order valence-electron chi connectivity index (χ0n) is 18.7. The fraction of sp³-hybridized carbons (Fsp3) is 0.120. The summed E-state index contributed by atoms with van der Waals surface area (Å²) in [7, 11) is 1.63. The Bertz CT molecular complexity index is 1280. The number of nitrogens with zero attached hydrogens (tertiary/aromatic N) is 3. The molecule has 8 nitrogen and oxygen atoms in total. The van der Waals surface area contributed by atoms with Crippen LogP contribution in [-0.2, 0) is 4.79 Å². The van der Waals surface area contributed by atoms with E-state index in [-0.39, 0.29) is 17.4 Å². The van der Waals surface area contributed by atoms with Crippen molar-refractivity contribution in [3.8, 4) is 28.6 Å². The highest BCUT2D eigenvalue weighted by Gasteiger charge is 2.24. The van der Waals surface area contributed by atoms with E-state index in [4.69, 9.17) is 4.74 Å². The topological polar surface area (TPSA) is 103 Å². The third-order valence-corrected chi connectivity index (χ3v) is 5.89. The SMILES string of the molecule is COc1ccc(-[n+]2c(SCC(=O)N/N=C/c3ccc(O)cc3)n[nH]c2-c2ccc(C)cc2)cc1.